The minimum Gasteiger partial charge on any atom is -0.497 e. The summed E-state index contributed by atoms with van der Waals surface area (Å²) in [5, 5.41) is 22.5. The first kappa shape index (κ1) is 17.5. The van der Waals surface area contributed by atoms with Crippen LogP contribution >= 0.6 is 11.3 Å². The molecule has 0 radical (unpaired) electrons. The number of methoxy groups -OCH3 is 1. The molecule has 0 atom stereocenters. The van der Waals surface area contributed by atoms with Crippen LogP contribution in [0.5, 0.6) is 5.75 Å². The lowest BCUT2D eigenvalue weighted by Crippen LogP contribution is -2.11. The molecule has 1 aromatic heterocycles. The van der Waals surface area contributed by atoms with Crippen molar-refractivity contribution in [3.8, 4) is 5.75 Å². The quantitative estimate of drug-likeness (QED) is 0.527. The van der Waals surface area contributed by atoms with Crippen LogP contribution in [0.25, 0.3) is 0 Å². The number of nitrogens with zero attached hydrogens (tertiary/aromatic N) is 3. The highest BCUT2D eigenvalue weighted by atomic mass is 32.1. The second kappa shape index (κ2) is 7.70. The van der Waals surface area contributed by atoms with Crippen LogP contribution < -0.4 is 10.1 Å². The number of carbonyl (C=O) groups is 1. The maximum Gasteiger partial charge on any atom is 0.269 e. The van der Waals surface area contributed by atoms with Gasteiger partial charge in [-0.05, 0) is 29.8 Å². The van der Waals surface area contributed by atoms with Gasteiger partial charge in [-0.25, -0.2) is 0 Å². The van der Waals surface area contributed by atoms with Gasteiger partial charge in [-0.3, -0.25) is 20.2 Å². The van der Waals surface area contributed by atoms with Crippen molar-refractivity contribution < 1.29 is 14.5 Å². The SMILES string of the molecule is COc1ccc(Cc2nnc(NC(=O)c3ccc([N+](=O)[O-])cc3)s2)cc1. The van der Waals surface area contributed by atoms with Crippen molar-refractivity contribution in [2.75, 3.05) is 12.4 Å². The van der Waals surface area contributed by atoms with Gasteiger partial charge in [0, 0.05) is 24.1 Å². The molecule has 132 valence electrons. The summed E-state index contributed by atoms with van der Waals surface area (Å²) < 4.78 is 5.12. The predicted molar refractivity (Wildman–Crippen MR) is 96.8 cm³/mol. The van der Waals surface area contributed by atoms with Crippen LogP contribution in [0.15, 0.2) is 48.5 Å². The highest BCUT2D eigenvalue weighted by Gasteiger charge is 2.12. The van der Waals surface area contributed by atoms with Crippen molar-refractivity contribution in [2.45, 2.75) is 6.42 Å². The molecule has 0 fully saturated rings. The van der Waals surface area contributed by atoms with E-state index in [1.165, 1.54) is 35.6 Å². The Bertz CT molecular complexity index is 923. The highest BCUT2D eigenvalue weighted by Crippen LogP contribution is 2.21. The summed E-state index contributed by atoms with van der Waals surface area (Å²) in [5.74, 6) is 0.383. The maximum absolute atomic E-state index is 12.2. The Labute approximate surface area is 152 Å². The maximum atomic E-state index is 12.2. The Kier molecular flexibility index (Phi) is 5.18. The molecule has 8 nitrogen and oxygen atoms in total. The van der Waals surface area contributed by atoms with E-state index in [9.17, 15) is 14.9 Å². The molecule has 0 saturated heterocycles. The third-order valence-electron chi connectivity index (χ3n) is 3.54. The molecule has 0 aliphatic carbocycles. The number of anilines is 1. The molecule has 0 bridgehead atoms. The van der Waals surface area contributed by atoms with Gasteiger partial charge >= 0.3 is 0 Å². The van der Waals surface area contributed by atoms with Gasteiger partial charge in [0.2, 0.25) is 5.13 Å². The van der Waals surface area contributed by atoms with E-state index in [4.69, 9.17) is 4.74 Å². The number of aromatic nitrogens is 2. The normalized spacial score (nSPS) is 10.3. The molecule has 1 N–H and O–H groups in total. The van der Waals surface area contributed by atoms with Crippen LogP contribution in [0.1, 0.15) is 20.9 Å². The largest absolute Gasteiger partial charge is 0.497 e. The zero-order valence-corrected chi connectivity index (χ0v) is 14.5. The summed E-state index contributed by atoms with van der Waals surface area (Å²) >= 11 is 1.28. The number of benzene rings is 2. The first-order valence-electron chi connectivity index (χ1n) is 7.56. The van der Waals surface area contributed by atoms with Crippen LogP contribution in [-0.4, -0.2) is 28.1 Å². The summed E-state index contributed by atoms with van der Waals surface area (Å²) in [6, 6.07) is 13.0. The third kappa shape index (κ3) is 4.19. The number of nitro groups is 1. The van der Waals surface area contributed by atoms with E-state index >= 15 is 0 Å². The number of ether oxygens (including phenoxy) is 1. The molecule has 0 aliphatic heterocycles. The summed E-state index contributed by atoms with van der Waals surface area (Å²) in [7, 11) is 1.61. The van der Waals surface area contributed by atoms with Crippen LogP contribution in [0.2, 0.25) is 0 Å². The molecule has 0 spiro atoms. The minimum absolute atomic E-state index is 0.0701. The standard InChI is InChI=1S/C17H14N4O4S/c1-25-14-8-2-11(3-9-14)10-15-19-20-17(26-15)18-16(22)12-4-6-13(7-5-12)21(23)24/h2-9H,10H2,1H3,(H,18,20,22). The van der Waals surface area contributed by atoms with Crippen molar-refractivity contribution in [1.82, 2.24) is 10.2 Å². The van der Waals surface area contributed by atoms with Crippen molar-refractivity contribution in [3.63, 3.8) is 0 Å². The number of non-ortho nitro benzene ring substituents is 1. The molecule has 0 aliphatic rings. The summed E-state index contributed by atoms with van der Waals surface area (Å²) in [5.41, 5.74) is 1.29. The van der Waals surface area contributed by atoms with Gasteiger partial charge in [-0.15, -0.1) is 10.2 Å². The van der Waals surface area contributed by atoms with Gasteiger partial charge in [0.05, 0.1) is 12.0 Å². The fourth-order valence-corrected chi connectivity index (χ4v) is 2.97. The number of nitro benzene ring substituents is 1. The molecule has 3 rings (SSSR count). The Morgan fingerprint density at radius 1 is 1.15 bits per heavy atom. The van der Waals surface area contributed by atoms with Crippen LogP contribution in [0.4, 0.5) is 10.8 Å². The average Bonchev–Trinajstić information content (AvgIpc) is 3.09. The van der Waals surface area contributed by atoms with E-state index < -0.39 is 10.8 Å². The van der Waals surface area contributed by atoms with E-state index in [1.807, 2.05) is 24.3 Å². The van der Waals surface area contributed by atoms with Crippen LogP contribution in [0.3, 0.4) is 0 Å². The number of amides is 1. The summed E-state index contributed by atoms with van der Waals surface area (Å²) in [6.07, 6.45) is 0.592. The third-order valence-corrected chi connectivity index (χ3v) is 4.38. The number of rotatable bonds is 6. The second-order valence-corrected chi connectivity index (χ2v) is 6.35. The molecule has 1 heterocycles. The van der Waals surface area contributed by atoms with Gasteiger partial charge in [-0.2, -0.15) is 0 Å². The summed E-state index contributed by atoms with van der Waals surface area (Å²) in [4.78, 5) is 22.3. The number of hydrogen-bond acceptors (Lipinski definition) is 7. The fourth-order valence-electron chi connectivity index (χ4n) is 2.20. The Morgan fingerprint density at radius 2 is 1.85 bits per heavy atom. The second-order valence-electron chi connectivity index (χ2n) is 5.28. The first-order chi connectivity index (χ1) is 12.5. The lowest BCUT2D eigenvalue weighted by molar-refractivity contribution is -0.384. The molecule has 2 aromatic carbocycles. The zero-order valence-electron chi connectivity index (χ0n) is 13.7. The van der Waals surface area contributed by atoms with E-state index in [0.717, 1.165) is 16.3 Å². The topological polar surface area (TPSA) is 107 Å². The molecular weight excluding hydrogens is 356 g/mol. The lowest BCUT2D eigenvalue weighted by Gasteiger charge is -2.01. The van der Waals surface area contributed by atoms with E-state index in [2.05, 4.69) is 15.5 Å². The van der Waals surface area contributed by atoms with Gasteiger partial charge in [-0.1, -0.05) is 23.5 Å². The number of nitrogens with one attached hydrogen (secondary N) is 1. The van der Waals surface area contributed by atoms with Gasteiger partial charge in [0.25, 0.3) is 11.6 Å². The Balaban J connectivity index is 1.63. The highest BCUT2D eigenvalue weighted by molar-refractivity contribution is 7.15. The molecule has 0 saturated carbocycles. The smallest absolute Gasteiger partial charge is 0.269 e. The molecular formula is C17H14N4O4S. The first-order valence-corrected chi connectivity index (χ1v) is 8.38. The van der Waals surface area contributed by atoms with E-state index in [-0.39, 0.29) is 5.69 Å². The van der Waals surface area contributed by atoms with Gasteiger partial charge in [0.15, 0.2) is 0 Å². The Morgan fingerprint density at radius 3 is 2.46 bits per heavy atom. The van der Waals surface area contributed by atoms with E-state index in [0.29, 0.717) is 17.1 Å². The predicted octanol–water partition coefficient (Wildman–Crippen LogP) is 3.30. The molecule has 0 unspecified atom stereocenters. The summed E-state index contributed by atoms with van der Waals surface area (Å²) in [6.45, 7) is 0. The van der Waals surface area contributed by atoms with Gasteiger partial charge in [0.1, 0.15) is 10.8 Å². The van der Waals surface area contributed by atoms with Crippen molar-refractivity contribution >= 4 is 28.1 Å². The average molecular weight is 370 g/mol. The van der Waals surface area contributed by atoms with Crippen molar-refractivity contribution in [1.29, 1.82) is 0 Å². The van der Waals surface area contributed by atoms with E-state index in [1.54, 1.807) is 7.11 Å². The van der Waals surface area contributed by atoms with Gasteiger partial charge < -0.3 is 4.74 Å². The zero-order chi connectivity index (χ0) is 18.5. The van der Waals surface area contributed by atoms with Crippen molar-refractivity contribution in [3.05, 3.63) is 74.8 Å². The number of hydrogen-bond donors (Lipinski definition) is 1. The minimum atomic E-state index is -0.516. The molecule has 26 heavy (non-hydrogen) atoms. The monoisotopic (exact) mass is 370 g/mol. The molecule has 1 amide bonds. The van der Waals surface area contributed by atoms with Crippen molar-refractivity contribution in [2.24, 2.45) is 0 Å². The molecule has 9 heteroatoms. The molecule has 3 aromatic rings. The Hall–Kier alpha value is -3.33. The van der Waals surface area contributed by atoms with Crippen LogP contribution in [0, 0.1) is 10.1 Å². The fraction of sp³-hybridized carbons (Fsp3) is 0.118. The number of carbonyl (C=O) groups excluding carboxylic acids is 1. The van der Waals surface area contributed by atoms with Crippen LogP contribution in [-0.2, 0) is 6.42 Å². The lowest BCUT2D eigenvalue weighted by atomic mass is 10.1.